The predicted molar refractivity (Wildman–Crippen MR) is 78.2 cm³/mol. The normalized spacial score (nSPS) is 19.1. The van der Waals surface area contributed by atoms with E-state index in [1.807, 2.05) is 13.0 Å². The van der Waals surface area contributed by atoms with Gasteiger partial charge >= 0.3 is 0 Å². The molecule has 1 heterocycles. The summed E-state index contributed by atoms with van der Waals surface area (Å²) in [6.45, 7) is 2.42. The van der Waals surface area contributed by atoms with Crippen LogP contribution in [0.3, 0.4) is 0 Å². The number of hydrogen-bond donors (Lipinski definition) is 1. The van der Waals surface area contributed by atoms with Crippen LogP contribution in [0.2, 0.25) is 5.02 Å². The maximum atomic E-state index is 12.1. The number of amides is 2. The zero-order valence-electron chi connectivity index (χ0n) is 10.5. The van der Waals surface area contributed by atoms with E-state index in [4.69, 9.17) is 11.6 Å². The Morgan fingerprint density at radius 3 is 2.89 bits per heavy atom. The van der Waals surface area contributed by atoms with Crippen molar-refractivity contribution in [1.82, 2.24) is 4.90 Å². The number of imide groups is 1. The molecule has 1 N–H and O–H groups in total. The summed E-state index contributed by atoms with van der Waals surface area (Å²) in [5.74, 6) is -0.291. The Kier molecular flexibility index (Phi) is 4.47. The zero-order chi connectivity index (χ0) is 14.0. The first-order valence-electron chi connectivity index (χ1n) is 6.09. The minimum atomic E-state index is -0.506. The number of carbonyl (C=O) groups excluding carboxylic acids is 2. The molecule has 1 aromatic rings. The molecule has 0 aliphatic carbocycles. The van der Waals surface area contributed by atoms with Gasteiger partial charge in [-0.1, -0.05) is 24.6 Å². The Morgan fingerprint density at radius 1 is 1.47 bits per heavy atom. The van der Waals surface area contributed by atoms with Gasteiger partial charge in [-0.15, -0.1) is 0 Å². The third kappa shape index (κ3) is 2.92. The molecule has 0 aromatic heterocycles. The molecule has 1 aromatic carbocycles. The predicted octanol–water partition coefficient (Wildman–Crippen LogP) is 3.05. The van der Waals surface area contributed by atoms with Gasteiger partial charge in [0.1, 0.15) is 6.04 Å². The van der Waals surface area contributed by atoms with E-state index < -0.39 is 6.04 Å². The Bertz CT molecular complexity index is 521. The number of nitrogens with zero attached hydrogens (tertiary/aromatic N) is 1. The average Bonchev–Trinajstić information content (AvgIpc) is 2.63. The highest BCUT2D eigenvalue weighted by Crippen LogP contribution is 2.31. The molecule has 1 saturated heterocycles. The van der Waals surface area contributed by atoms with Gasteiger partial charge in [0.15, 0.2) is 0 Å². The lowest BCUT2D eigenvalue weighted by atomic mass is 10.2. The summed E-state index contributed by atoms with van der Waals surface area (Å²) in [5, 5.41) is 3.64. The number of hydrogen-bond acceptors (Lipinski definition) is 3. The van der Waals surface area contributed by atoms with E-state index in [0.29, 0.717) is 16.0 Å². The maximum absolute atomic E-state index is 12.1. The number of rotatable bonds is 4. The Hall–Kier alpha value is -1.07. The van der Waals surface area contributed by atoms with Crippen molar-refractivity contribution < 1.29 is 9.59 Å². The van der Waals surface area contributed by atoms with Gasteiger partial charge in [0.25, 0.3) is 5.91 Å². The van der Waals surface area contributed by atoms with Gasteiger partial charge in [-0.05, 0) is 34.5 Å². The van der Waals surface area contributed by atoms with Crippen LogP contribution in [0.25, 0.3) is 0 Å². The summed E-state index contributed by atoms with van der Waals surface area (Å²) < 4.78 is 0.700. The van der Waals surface area contributed by atoms with Crippen LogP contribution in [0.5, 0.6) is 0 Å². The third-order valence-corrected chi connectivity index (χ3v) is 4.37. The molecule has 0 radical (unpaired) electrons. The van der Waals surface area contributed by atoms with Crippen LogP contribution in [0, 0.1) is 0 Å². The molecule has 0 spiro atoms. The van der Waals surface area contributed by atoms with Crippen LogP contribution in [-0.4, -0.2) is 29.3 Å². The highest BCUT2D eigenvalue weighted by Gasteiger charge is 2.38. The van der Waals surface area contributed by atoms with Crippen molar-refractivity contribution in [3.63, 3.8) is 0 Å². The van der Waals surface area contributed by atoms with Crippen LogP contribution < -0.4 is 5.32 Å². The van der Waals surface area contributed by atoms with Gasteiger partial charge in [-0.25, -0.2) is 0 Å². The number of likely N-dealkylation sites (tertiary alicyclic amines) is 1. The molecule has 2 amide bonds. The van der Waals surface area contributed by atoms with Crippen molar-refractivity contribution in [2.75, 3.05) is 11.9 Å². The number of halogens is 2. The van der Waals surface area contributed by atoms with E-state index >= 15 is 0 Å². The number of nitrogens with one attached hydrogen (secondary N) is 1. The lowest BCUT2D eigenvalue weighted by molar-refractivity contribution is -0.138. The summed E-state index contributed by atoms with van der Waals surface area (Å²) in [4.78, 5) is 25.2. The number of carbonyl (C=O) groups is 2. The molecule has 2 rings (SSSR count). The van der Waals surface area contributed by atoms with Crippen molar-refractivity contribution in [2.24, 2.45) is 0 Å². The largest absolute Gasteiger partial charge is 0.372 e. The van der Waals surface area contributed by atoms with Crippen molar-refractivity contribution in [3.05, 3.63) is 27.7 Å². The van der Waals surface area contributed by atoms with Crippen molar-refractivity contribution in [3.8, 4) is 0 Å². The fourth-order valence-corrected chi connectivity index (χ4v) is 2.61. The molecule has 4 nitrogen and oxygen atoms in total. The highest BCUT2D eigenvalue weighted by atomic mass is 79.9. The molecule has 0 saturated carbocycles. The second-order valence-corrected chi connectivity index (χ2v) is 5.59. The summed E-state index contributed by atoms with van der Waals surface area (Å²) in [6, 6.07) is 4.85. The Morgan fingerprint density at radius 2 is 2.21 bits per heavy atom. The first kappa shape index (κ1) is 14.3. The monoisotopic (exact) mass is 344 g/mol. The molecule has 1 aliphatic rings. The van der Waals surface area contributed by atoms with E-state index in [9.17, 15) is 9.59 Å². The summed E-state index contributed by atoms with van der Waals surface area (Å²) in [5.41, 5.74) is 0.719. The average molecular weight is 346 g/mol. The topological polar surface area (TPSA) is 49.4 Å². The van der Waals surface area contributed by atoms with Gasteiger partial charge in [-0.2, -0.15) is 0 Å². The molecule has 102 valence electrons. The molecular weight excluding hydrogens is 332 g/mol. The van der Waals surface area contributed by atoms with Gasteiger partial charge in [0.2, 0.25) is 5.91 Å². The van der Waals surface area contributed by atoms with Gasteiger partial charge in [0.05, 0.1) is 21.6 Å². The fourth-order valence-electron chi connectivity index (χ4n) is 2.06. The van der Waals surface area contributed by atoms with Crippen LogP contribution >= 0.6 is 27.5 Å². The first-order valence-corrected chi connectivity index (χ1v) is 7.26. The standard InChI is InChI=1S/C13H14BrClN2O2/c1-2-6-17-11(18)7-10(13(17)19)16-9-5-3-4-8(15)12(9)14/h3-5,10,16H,2,6-7H2,1H3. The summed E-state index contributed by atoms with van der Waals surface area (Å²) >= 11 is 9.36. The molecule has 19 heavy (non-hydrogen) atoms. The smallest absolute Gasteiger partial charge is 0.252 e. The first-order chi connectivity index (χ1) is 9.04. The molecule has 1 unspecified atom stereocenters. The number of anilines is 1. The second kappa shape index (κ2) is 5.92. The van der Waals surface area contributed by atoms with E-state index in [-0.39, 0.29) is 18.2 Å². The fraction of sp³-hybridized carbons (Fsp3) is 0.385. The van der Waals surface area contributed by atoms with Gasteiger partial charge in [-0.3, -0.25) is 14.5 Å². The van der Waals surface area contributed by atoms with E-state index in [1.165, 1.54) is 4.90 Å². The van der Waals surface area contributed by atoms with E-state index in [2.05, 4.69) is 21.2 Å². The Balaban J connectivity index is 2.14. The van der Waals surface area contributed by atoms with Crippen LogP contribution in [0.1, 0.15) is 19.8 Å². The van der Waals surface area contributed by atoms with Crippen LogP contribution in [0.4, 0.5) is 5.69 Å². The summed E-state index contributed by atoms with van der Waals surface area (Å²) in [7, 11) is 0. The van der Waals surface area contributed by atoms with Gasteiger partial charge < -0.3 is 5.32 Å². The Labute approximate surface area is 125 Å². The molecule has 1 atom stereocenters. The van der Waals surface area contributed by atoms with Crippen molar-refractivity contribution >= 4 is 45.0 Å². The molecular formula is C13H14BrClN2O2. The lowest BCUT2D eigenvalue weighted by Gasteiger charge is -2.16. The minimum absolute atomic E-state index is 0.123. The third-order valence-electron chi connectivity index (χ3n) is 2.97. The van der Waals surface area contributed by atoms with Gasteiger partial charge in [0, 0.05) is 6.54 Å². The van der Waals surface area contributed by atoms with Crippen LogP contribution in [0.15, 0.2) is 22.7 Å². The highest BCUT2D eigenvalue weighted by molar-refractivity contribution is 9.10. The van der Waals surface area contributed by atoms with Crippen molar-refractivity contribution in [2.45, 2.75) is 25.8 Å². The second-order valence-electron chi connectivity index (χ2n) is 4.39. The summed E-state index contributed by atoms with van der Waals surface area (Å²) in [6.07, 6.45) is 0.961. The van der Waals surface area contributed by atoms with E-state index in [1.54, 1.807) is 12.1 Å². The quantitative estimate of drug-likeness (QED) is 0.853. The maximum Gasteiger partial charge on any atom is 0.252 e. The molecule has 6 heteroatoms. The molecule has 1 fully saturated rings. The minimum Gasteiger partial charge on any atom is -0.372 e. The van der Waals surface area contributed by atoms with Crippen molar-refractivity contribution in [1.29, 1.82) is 0 Å². The molecule has 0 bridgehead atoms. The lowest BCUT2D eigenvalue weighted by Crippen LogP contribution is -2.35. The SMILES string of the molecule is CCCN1C(=O)CC(Nc2cccc(Cl)c2Br)C1=O. The van der Waals surface area contributed by atoms with E-state index in [0.717, 1.165) is 12.1 Å². The number of benzene rings is 1. The molecule has 1 aliphatic heterocycles. The van der Waals surface area contributed by atoms with Crippen LogP contribution in [-0.2, 0) is 9.59 Å². The zero-order valence-corrected chi connectivity index (χ0v) is 12.8.